The number of aromatic nitrogens is 4. The van der Waals surface area contributed by atoms with Crippen LogP contribution in [0.2, 0.25) is 0 Å². The molecule has 4 heterocycles. The molecule has 0 aliphatic rings. The minimum Gasteiger partial charge on any atom is -0.401 e. The summed E-state index contributed by atoms with van der Waals surface area (Å²) in [6, 6.07) is 34.5. The van der Waals surface area contributed by atoms with Crippen LogP contribution < -0.4 is 11.3 Å². The Morgan fingerprint density at radius 1 is 0.460 bits per heavy atom. The van der Waals surface area contributed by atoms with E-state index in [0.717, 1.165) is 0 Å². The lowest BCUT2D eigenvalue weighted by Gasteiger charge is -2.07. The Labute approximate surface area is 280 Å². The Hall–Kier alpha value is -7.20. The number of nitrogens with zero attached hydrogens (tertiary/aromatic N) is 2. The van der Waals surface area contributed by atoms with Crippen molar-refractivity contribution in [2.75, 3.05) is 0 Å². The van der Waals surface area contributed by atoms with Gasteiger partial charge in [0.1, 0.15) is 11.4 Å². The minimum absolute atomic E-state index is 0.0131. The topological polar surface area (TPSA) is 152 Å². The highest BCUT2D eigenvalue weighted by molar-refractivity contribution is 6.22. The number of carbonyl (C=O) groups is 2. The SMILES string of the molecule is O=C(c1ccc(C(=O)c2c(-c3nc4ccccc4c(=O)o3)[nH]c3ccccc23)cc1)c1c(-c2nc3ccccc3c(=O)o2)[nH]c2ccccc12. The molecule has 0 amide bonds. The summed E-state index contributed by atoms with van der Waals surface area (Å²) in [5, 5.41) is 1.91. The standard InChI is InChI=1S/C40H22N4O6/c45-35(31-23-9-1-5-13-27(23)41-33(31)37-43-29-15-7-3-11-25(29)39(47)49-37)21-17-19-22(20-18-21)36(46)32-24-10-2-6-14-28(24)42-34(32)38-44-30-16-8-4-12-26(30)40(48)50-38/h1-20,41-42H. The molecular weight excluding hydrogens is 632 g/mol. The highest BCUT2D eigenvalue weighted by Crippen LogP contribution is 2.34. The number of hydrogen-bond donors (Lipinski definition) is 2. The number of ketones is 2. The maximum absolute atomic E-state index is 14.2. The van der Waals surface area contributed by atoms with Crippen LogP contribution in [0.5, 0.6) is 0 Å². The molecule has 0 bridgehead atoms. The van der Waals surface area contributed by atoms with Gasteiger partial charge in [0.05, 0.1) is 32.9 Å². The van der Waals surface area contributed by atoms with E-state index < -0.39 is 11.3 Å². The molecule has 0 atom stereocenters. The summed E-state index contributed by atoms with van der Waals surface area (Å²) in [6.07, 6.45) is 0. The zero-order valence-electron chi connectivity index (χ0n) is 25.9. The van der Waals surface area contributed by atoms with E-state index in [4.69, 9.17) is 8.83 Å². The Bertz CT molecular complexity index is 2760. The molecule has 5 aromatic carbocycles. The molecule has 50 heavy (non-hydrogen) atoms. The lowest BCUT2D eigenvalue weighted by molar-refractivity contribution is 0.102. The molecule has 0 aliphatic carbocycles. The predicted octanol–water partition coefficient (Wildman–Crippen LogP) is 7.45. The molecule has 2 N–H and O–H groups in total. The van der Waals surface area contributed by atoms with Crippen LogP contribution >= 0.6 is 0 Å². The third kappa shape index (κ3) is 4.58. The van der Waals surface area contributed by atoms with E-state index in [9.17, 15) is 19.2 Å². The molecular formula is C40H22N4O6. The largest absolute Gasteiger partial charge is 0.401 e. The molecule has 10 nitrogen and oxygen atoms in total. The van der Waals surface area contributed by atoms with Gasteiger partial charge in [-0.25, -0.2) is 19.6 Å². The van der Waals surface area contributed by atoms with Crippen LogP contribution in [0.25, 0.3) is 66.8 Å². The van der Waals surface area contributed by atoms with Gasteiger partial charge in [-0.2, -0.15) is 0 Å². The third-order valence-electron chi connectivity index (χ3n) is 8.77. The normalized spacial score (nSPS) is 11.5. The van der Waals surface area contributed by atoms with Crippen LogP contribution in [0, 0.1) is 0 Å². The first-order valence-corrected chi connectivity index (χ1v) is 15.7. The molecule has 9 rings (SSSR count). The second-order valence-corrected chi connectivity index (χ2v) is 11.7. The van der Waals surface area contributed by atoms with Crippen LogP contribution in [0.1, 0.15) is 31.8 Å². The minimum atomic E-state index is -0.569. The number of fused-ring (bicyclic) bond motifs is 4. The highest BCUT2D eigenvalue weighted by Gasteiger charge is 2.27. The first-order chi connectivity index (χ1) is 24.4. The number of nitrogens with one attached hydrogen (secondary N) is 2. The molecule has 0 spiro atoms. The number of rotatable bonds is 6. The lowest BCUT2D eigenvalue weighted by Crippen LogP contribution is -2.08. The average molecular weight is 655 g/mol. The summed E-state index contributed by atoms with van der Waals surface area (Å²) in [7, 11) is 0. The molecule has 0 radical (unpaired) electrons. The molecule has 0 saturated heterocycles. The van der Waals surface area contributed by atoms with Crippen LogP contribution in [0.15, 0.2) is 140 Å². The summed E-state index contributed by atoms with van der Waals surface area (Å²) in [5.41, 5.74) is 2.77. The molecule has 0 aliphatic heterocycles. The number of benzene rings is 5. The molecule has 238 valence electrons. The van der Waals surface area contributed by atoms with Crippen molar-refractivity contribution in [3.8, 4) is 23.2 Å². The zero-order valence-corrected chi connectivity index (χ0v) is 25.9. The second kappa shape index (κ2) is 11.2. The van der Waals surface area contributed by atoms with Gasteiger partial charge in [0.2, 0.25) is 11.8 Å². The number of aromatic amines is 2. The van der Waals surface area contributed by atoms with Gasteiger partial charge in [-0.1, -0.05) is 84.9 Å². The van der Waals surface area contributed by atoms with E-state index in [2.05, 4.69) is 19.9 Å². The monoisotopic (exact) mass is 654 g/mol. The molecule has 10 heteroatoms. The van der Waals surface area contributed by atoms with Crippen LogP contribution in [-0.4, -0.2) is 31.5 Å². The molecule has 0 unspecified atom stereocenters. The lowest BCUT2D eigenvalue weighted by atomic mass is 9.96. The van der Waals surface area contributed by atoms with E-state index in [-0.39, 0.29) is 45.9 Å². The van der Waals surface area contributed by atoms with Gasteiger partial charge in [0.25, 0.3) is 0 Å². The predicted molar refractivity (Wildman–Crippen MR) is 188 cm³/mol. The van der Waals surface area contributed by atoms with Gasteiger partial charge >= 0.3 is 11.3 Å². The average Bonchev–Trinajstić information content (AvgIpc) is 3.74. The highest BCUT2D eigenvalue weighted by atomic mass is 16.4. The van der Waals surface area contributed by atoms with Gasteiger partial charge in [-0.3, -0.25) is 9.59 Å². The van der Waals surface area contributed by atoms with E-state index in [0.29, 0.717) is 54.7 Å². The fourth-order valence-electron chi connectivity index (χ4n) is 6.39. The van der Waals surface area contributed by atoms with Gasteiger partial charge in [0.15, 0.2) is 11.6 Å². The number of H-pyrrole nitrogens is 2. The van der Waals surface area contributed by atoms with Crippen LogP contribution in [0.3, 0.4) is 0 Å². The van der Waals surface area contributed by atoms with Crippen molar-refractivity contribution in [3.05, 3.63) is 164 Å². The Kier molecular flexibility index (Phi) is 6.49. The second-order valence-electron chi connectivity index (χ2n) is 11.7. The van der Waals surface area contributed by atoms with Crippen molar-refractivity contribution in [2.24, 2.45) is 0 Å². The summed E-state index contributed by atoms with van der Waals surface area (Å²) in [5.74, 6) is -0.741. The van der Waals surface area contributed by atoms with Gasteiger partial charge in [-0.15, -0.1) is 0 Å². The summed E-state index contributed by atoms with van der Waals surface area (Å²) < 4.78 is 11.2. The summed E-state index contributed by atoms with van der Waals surface area (Å²) in [6.45, 7) is 0. The quantitative estimate of drug-likeness (QED) is 0.175. The first-order valence-electron chi connectivity index (χ1n) is 15.7. The van der Waals surface area contributed by atoms with Crippen LogP contribution in [-0.2, 0) is 0 Å². The Balaban J connectivity index is 1.13. The summed E-state index contributed by atoms with van der Waals surface area (Å²) >= 11 is 0. The van der Waals surface area contributed by atoms with E-state index in [1.54, 1.807) is 84.9 Å². The zero-order chi connectivity index (χ0) is 33.9. The smallest absolute Gasteiger partial charge is 0.347 e. The fraction of sp³-hybridized carbons (Fsp3) is 0. The number of carbonyl (C=O) groups excluding carboxylic acids is 2. The molecule has 4 aromatic heterocycles. The number of hydrogen-bond acceptors (Lipinski definition) is 8. The van der Waals surface area contributed by atoms with Crippen molar-refractivity contribution in [1.82, 2.24) is 19.9 Å². The first kappa shape index (κ1) is 29.0. The molecule has 0 saturated carbocycles. The van der Waals surface area contributed by atoms with E-state index >= 15 is 0 Å². The van der Waals surface area contributed by atoms with Crippen molar-refractivity contribution in [2.45, 2.75) is 0 Å². The molecule has 9 aromatic rings. The van der Waals surface area contributed by atoms with Crippen molar-refractivity contribution in [1.29, 1.82) is 0 Å². The van der Waals surface area contributed by atoms with Gasteiger partial charge in [0, 0.05) is 32.9 Å². The molecule has 0 fully saturated rings. The van der Waals surface area contributed by atoms with Gasteiger partial charge in [-0.05, 0) is 36.4 Å². The third-order valence-corrected chi connectivity index (χ3v) is 8.77. The van der Waals surface area contributed by atoms with Crippen molar-refractivity contribution >= 4 is 55.2 Å². The van der Waals surface area contributed by atoms with E-state index in [1.165, 1.54) is 0 Å². The summed E-state index contributed by atoms with van der Waals surface area (Å²) in [4.78, 5) is 69.7. The Morgan fingerprint density at radius 2 is 0.820 bits per heavy atom. The Morgan fingerprint density at radius 3 is 1.24 bits per heavy atom. The van der Waals surface area contributed by atoms with E-state index in [1.807, 2.05) is 36.4 Å². The maximum atomic E-state index is 14.2. The van der Waals surface area contributed by atoms with Gasteiger partial charge < -0.3 is 18.8 Å². The van der Waals surface area contributed by atoms with Crippen molar-refractivity contribution in [3.63, 3.8) is 0 Å². The fourth-order valence-corrected chi connectivity index (χ4v) is 6.39. The van der Waals surface area contributed by atoms with Crippen molar-refractivity contribution < 1.29 is 18.4 Å². The maximum Gasteiger partial charge on any atom is 0.347 e. The van der Waals surface area contributed by atoms with Crippen LogP contribution in [0.4, 0.5) is 0 Å². The number of para-hydroxylation sites is 4.